The first-order valence-corrected chi connectivity index (χ1v) is 14.9. The van der Waals surface area contributed by atoms with Crippen LogP contribution in [0.15, 0.2) is 77.7 Å². The summed E-state index contributed by atoms with van der Waals surface area (Å²) in [6.45, 7) is 10.1. The zero-order valence-electron chi connectivity index (χ0n) is 26.2. The zero-order chi connectivity index (χ0) is 31.9. The van der Waals surface area contributed by atoms with Gasteiger partial charge in [0.25, 0.3) is 11.5 Å². The van der Waals surface area contributed by atoms with E-state index in [1.54, 1.807) is 13.2 Å². The van der Waals surface area contributed by atoms with Crippen LogP contribution in [0.2, 0.25) is 0 Å². The molecular weight excluding hydrogens is 554 g/mol. The molecule has 44 heavy (non-hydrogen) atoms. The number of rotatable bonds is 12. The van der Waals surface area contributed by atoms with Gasteiger partial charge in [-0.1, -0.05) is 57.2 Å². The molecule has 0 bridgehead atoms. The third-order valence-corrected chi connectivity index (χ3v) is 7.68. The average molecular weight is 598 g/mol. The highest BCUT2D eigenvalue weighted by atomic mass is 16.3. The smallest absolute Gasteiger partial charge is 0.293 e. The van der Waals surface area contributed by atoms with Crippen LogP contribution in [0.3, 0.4) is 0 Å². The predicted molar refractivity (Wildman–Crippen MR) is 177 cm³/mol. The highest BCUT2D eigenvalue weighted by molar-refractivity contribution is 6.05. The van der Waals surface area contributed by atoms with Gasteiger partial charge in [0.05, 0.1) is 18.9 Å². The normalized spacial score (nSPS) is 11.5. The number of aliphatic hydroxyl groups excluding tert-OH is 2. The minimum Gasteiger partial charge on any atom is -0.395 e. The van der Waals surface area contributed by atoms with E-state index in [1.165, 1.54) is 4.57 Å². The Labute approximate surface area is 259 Å². The molecule has 0 saturated heterocycles. The quantitative estimate of drug-likeness (QED) is 0.184. The molecule has 0 aliphatic heterocycles. The monoisotopic (exact) mass is 597 g/mol. The topological polar surface area (TPSA) is 120 Å². The molecule has 9 nitrogen and oxygen atoms in total. The summed E-state index contributed by atoms with van der Waals surface area (Å²) in [5, 5.41) is 24.8. The highest BCUT2D eigenvalue weighted by Crippen LogP contribution is 2.29. The molecule has 4 rings (SSSR count). The maximum atomic E-state index is 13.1. The van der Waals surface area contributed by atoms with Gasteiger partial charge in [-0.3, -0.25) is 14.5 Å². The van der Waals surface area contributed by atoms with Gasteiger partial charge in [-0.05, 0) is 65.8 Å². The van der Waals surface area contributed by atoms with Crippen molar-refractivity contribution < 1.29 is 15.0 Å². The fourth-order valence-corrected chi connectivity index (χ4v) is 5.03. The molecule has 1 amide bonds. The molecular formula is C35H43N5O4. The number of nitrogens with zero attached hydrogens (tertiary/aromatic N) is 3. The summed E-state index contributed by atoms with van der Waals surface area (Å²) >= 11 is 0. The van der Waals surface area contributed by atoms with Crippen LogP contribution in [0.5, 0.6) is 0 Å². The van der Waals surface area contributed by atoms with E-state index in [-0.39, 0.29) is 35.9 Å². The molecule has 232 valence electrons. The van der Waals surface area contributed by atoms with E-state index >= 15 is 0 Å². The van der Waals surface area contributed by atoms with Crippen molar-refractivity contribution in [3.05, 3.63) is 106 Å². The third-order valence-electron chi connectivity index (χ3n) is 7.68. The summed E-state index contributed by atoms with van der Waals surface area (Å²) in [5.74, 6) is -0.00526. The number of anilines is 3. The molecule has 0 saturated carbocycles. The van der Waals surface area contributed by atoms with Crippen LogP contribution >= 0.6 is 0 Å². The Kier molecular flexibility index (Phi) is 10.7. The summed E-state index contributed by atoms with van der Waals surface area (Å²) in [5.41, 5.74) is 6.15. The van der Waals surface area contributed by atoms with Crippen LogP contribution in [-0.2, 0) is 18.9 Å². The van der Waals surface area contributed by atoms with Crippen LogP contribution in [0, 0.1) is 6.92 Å². The third kappa shape index (κ3) is 8.19. The molecule has 0 spiro atoms. The predicted octanol–water partition coefficient (Wildman–Crippen LogP) is 4.88. The first-order chi connectivity index (χ1) is 21.0. The van der Waals surface area contributed by atoms with Gasteiger partial charge in [0.15, 0.2) is 5.82 Å². The molecule has 9 heteroatoms. The summed E-state index contributed by atoms with van der Waals surface area (Å²) in [7, 11) is 1.69. The molecule has 1 aromatic heterocycles. The molecule has 1 heterocycles. The van der Waals surface area contributed by atoms with Crippen molar-refractivity contribution in [3.63, 3.8) is 0 Å². The number of aliphatic hydroxyl groups is 2. The van der Waals surface area contributed by atoms with E-state index in [0.717, 1.165) is 34.4 Å². The van der Waals surface area contributed by atoms with Crippen molar-refractivity contribution in [2.24, 2.45) is 7.05 Å². The molecule has 0 fully saturated rings. The summed E-state index contributed by atoms with van der Waals surface area (Å²) in [6, 6.07) is 21.1. The lowest BCUT2D eigenvalue weighted by atomic mass is 9.86. The largest absolute Gasteiger partial charge is 0.395 e. The average Bonchev–Trinajstić information content (AvgIpc) is 2.99. The fourth-order valence-electron chi connectivity index (χ4n) is 5.03. The minimum absolute atomic E-state index is 0.00242. The van der Waals surface area contributed by atoms with Gasteiger partial charge in [0.1, 0.15) is 0 Å². The Morgan fingerprint density at radius 1 is 0.955 bits per heavy atom. The number of amides is 1. The number of hydrogen-bond acceptors (Lipinski definition) is 7. The Balaban J connectivity index is 1.55. The van der Waals surface area contributed by atoms with E-state index < -0.39 is 0 Å². The van der Waals surface area contributed by atoms with Crippen molar-refractivity contribution >= 4 is 23.1 Å². The van der Waals surface area contributed by atoms with Gasteiger partial charge in [-0.2, -0.15) is 0 Å². The number of hydrogen-bond donors (Lipinski definition) is 4. The lowest BCUT2D eigenvalue weighted by molar-refractivity contribution is 0.102. The van der Waals surface area contributed by atoms with Gasteiger partial charge >= 0.3 is 0 Å². The van der Waals surface area contributed by atoms with Crippen molar-refractivity contribution in [1.29, 1.82) is 0 Å². The fraction of sp³-hybridized carbons (Fsp3) is 0.343. The van der Waals surface area contributed by atoms with Crippen molar-refractivity contribution in [3.8, 4) is 11.3 Å². The molecule has 0 unspecified atom stereocenters. The van der Waals surface area contributed by atoms with Crippen LogP contribution < -0.4 is 16.2 Å². The molecule has 0 aliphatic rings. The van der Waals surface area contributed by atoms with E-state index in [1.807, 2.05) is 78.6 Å². The van der Waals surface area contributed by atoms with Crippen LogP contribution in [0.25, 0.3) is 11.3 Å². The Morgan fingerprint density at radius 2 is 1.64 bits per heavy atom. The second-order valence-electron chi connectivity index (χ2n) is 12.0. The lowest BCUT2D eigenvalue weighted by Crippen LogP contribution is -2.31. The van der Waals surface area contributed by atoms with Gasteiger partial charge in [0, 0.05) is 55.4 Å². The number of carbonyl (C=O) groups excluding carboxylic acids is 1. The highest BCUT2D eigenvalue weighted by Gasteiger charge is 2.17. The van der Waals surface area contributed by atoms with Crippen LogP contribution in [-0.4, -0.2) is 63.4 Å². The van der Waals surface area contributed by atoms with E-state index in [9.17, 15) is 19.8 Å². The second kappa shape index (κ2) is 14.4. The summed E-state index contributed by atoms with van der Waals surface area (Å²) < 4.78 is 1.50. The summed E-state index contributed by atoms with van der Waals surface area (Å²) in [6.07, 6.45) is 2.42. The molecule has 0 atom stereocenters. The number of benzene rings is 3. The lowest BCUT2D eigenvalue weighted by Gasteiger charge is -2.20. The number of carbonyl (C=O) groups is 1. The van der Waals surface area contributed by atoms with Crippen LogP contribution in [0.1, 0.15) is 47.8 Å². The Bertz CT molecular complexity index is 1630. The standard InChI is InChI=1S/C35H43N5O4/c1-24-29(10-7-11-30(24)38-33(43)26-12-14-27(15-13-26)35(2,3)4)31-23-39(5)34(44)32(37-31)36-28-9-6-8-25(22-28)16-17-40(18-20-41)19-21-42/h6-15,22-23,41-42H,16-21H2,1-5H3,(H,36,37)(H,38,43). The molecule has 0 radical (unpaired) electrons. The maximum Gasteiger partial charge on any atom is 0.293 e. The van der Waals surface area contributed by atoms with Gasteiger partial charge in [0.2, 0.25) is 0 Å². The Morgan fingerprint density at radius 3 is 2.30 bits per heavy atom. The Hall–Kier alpha value is -4.31. The summed E-state index contributed by atoms with van der Waals surface area (Å²) in [4.78, 5) is 32.9. The first-order valence-electron chi connectivity index (χ1n) is 14.9. The van der Waals surface area contributed by atoms with Gasteiger partial charge in [-0.15, -0.1) is 0 Å². The van der Waals surface area contributed by atoms with Crippen molar-refractivity contribution in [2.45, 2.75) is 39.5 Å². The molecule has 4 aromatic rings. The van der Waals surface area contributed by atoms with Gasteiger partial charge < -0.3 is 25.4 Å². The number of aromatic nitrogens is 2. The molecule has 3 aromatic carbocycles. The first kappa shape index (κ1) is 32.6. The maximum absolute atomic E-state index is 13.1. The molecule has 0 aliphatic carbocycles. The SMILES string of the molecule is Cc1c(NC(=O)c2ccc(C(C)(C)C)cc2)cccc1-c1cn(C)c(=O)c(Nc2cccc(CCN(CCO)CCO)c2)n1. The second-order valence-corrected chi connectivity index (χ2v) is 12.0. The van der Waals surface area contributed by atoms with E-state index in [0.29, 0.717) is 36.6 Å². The van der Waals surface area contributed by atoms with Crippen LogP contribution in [0.4, 0.5) is 17.2 Å². The van der Waals surface area contributed by atoms with Crippen molar-refractivity contribution in [2.75, 3.05) is 43.5 Å². The van der Waals surface area contributed by atoms with Crippen molar-refractivity contribution in [1.82, 2.24) is 14.5 Å². The van der Waals surface area contributed by atoms with Gasteiger partial charge in [-0.25, -0.2) is 4.98 Å². The molecule has 4 N–H and O–H groups in total. The van der Waals surface area contributed by atoms with E-state index in [4.69, 9.17) is 4.98 Å². The van der Waals surface area contributed by atoms with E-state index in [2.05, 4.69) is 31.4 Å². The zero-order valence-corrected chi connectivity index (χ0v) is 26.2. The number of nitrogens with one attached hydrogen (secondary N) is 2. The minimum atomic E-state index is -0.267. The number of aryl methyl sites for hydroxylation is 1.